The number of fused-ring (bicyclic) bond motifs is 1. The molecular weight excluding hydrogens is 208 g/mol. The van der Waals surface area contributed by atoms with Crippen molar-refractivity contribution >= 4 is 10.8 Å². The minimum atomic E-state index is -2.47. The quantitative estimate of drug-likeness (QED) is 0.749. The van der Waals surface area contributed by atoms with Gasteiger partial charge in [0.1, 0.15) is 0 Å². The first-order valence-corrected chi connectivity index (χ1v) is 4.89. The molecule has 0 radical (unpaired) electrons. The molecule has 0 N–H and O–H groups in total. The van der Waals surface area contributed by atoms with E-state index in [1.54, 1.807) is 30.3 Å². The largest absolute Gasteiger partial charge is 0.264 e. The van der Waals surface area contributed by atoms with Gasteiger partial charge in [-0.1, -0.05) is 36.4 Å². The Labute approximate surface area is 91.9 Å². The fourth-order valence-corrected chi connectivity index (χ4v) is 1.75. The van der Waals surface area contributed by atoms with Gasteiger partial charge in [-0.05, 0) is 16.3 Å². The van der Waals surface area contributed by atoms with E-state index in [1.807, 2.05) is 6.07 Å². The van der Waals surface area contributed by atoms with Crippen LogP contribution >= 0.6 is 0 Å². The molecule has 0 saturated heterocycles. The van der Waals surface area contributed by atoms with Crippen LogP contribution in [-0.4, -0.2) is 0 Å². The highest BCUT2D eigenvalue weighted by molar-refractivity contribution is 5.86. The average Bonchev–Trinajstić information content (AvgIpc) is 2.28. The molecule has 2 aromatic rings. The highest BCUT2D eigenvalue weighted by Gasteiger charge is 2.10. The number of alkyl halides is 2. The molecule has 0 bridgehead atoms. The predicted molar refractivity (Wildman–Crippen MR) is 58.2 cm³/mol. The van der Waals surface area contributed by atoms with Crippen molar-refractivity contribution in [2.75, 3.05) is 0 Å². The van der Waals surface area contributed by atoms with Crippen LogP contribution < -0.4 is 0 Å². The number of halogens is 2. The minimum Gasteiger partial charge on any atom is -0.205 e. The maximum atomic E-state index is 12.7. The van der Waals surface area contributed by atoms with Crippen LogP contribution in [0.25, 0.3) is 10.8 Å². The van der Waals surface area contributed by atoms with E-state index in [0.717, 1.165) is 10.9 Å². The number of hydrogen-bond donors (Lipinski definition) is 0. The van der Waals surface area contributed by atoms with Crippen molar-refractivity contribution < 1.29 is 8.78 Å². The Morgan fingerprint density at radius 2 is 2.00 bits per heavy atom. The van der Waals surface area contributed by atoms with E-state index < -0.39 is 6.43 Å². The predicted octanol–water partition coefficient (Wildman–Crippen LogP) is 3.84. The molecule has 3 heteroatoms. The van der Waals surface area contributed by atoms with Gasteiger partial charge in [-0.3, -0.25) is 0 Å². The first-order chi connectivity index (χ1) is 7.72. The standard InChI is InChI=1S/C13H9F2N/c14-13(15)12-3-1-2-10-8-9(6-7-16)4-5-11(10)12/h1-5,8,13H,6H2. The summed E-state index contributed by atoms with van der Waals surface area (Å²) in [6.45, 7) is 0. The molecule has 0 spiro atoms. The molecule has 1 nitrogen and oxygen atoms in total. The third-order valence-electron chi connectivity index (χ3n) is 2.50. The molecule has 0 aliphatic heterocycles. The van der Waals surface area contributed by atoms with Crippen molar-refractivity contribution in [3.63, 3.8) is 0 Å². The van der Waals surface area contributed by atoms with Gasteiger partial charge in [-0.15, -0.1) is 0 Å². The zero-order valence-corrected chi connectivity index (χ0v) is 8.45. The highest BCUT2D eigenvalue weighted by atomic mass is 19.3. The van der Waals surface area contributed by atoms with E-state index in [2.05, 4.69) is 0 Å². The Balaban J connectivity index is 2.60. The van der Waals surface area contributed by atoms with Gasteiger partial charge in [0, 0.05) is 5.56 Å². The Kier molecular flexibility index (Phi) is 2.82. The van der Waals surface area contributed by atoms with E-state index in [-0.39, 0.29) is 5.56 Å². The summed E-state index contributed by atoms with van der Waals surface area (Å²) in [6, 6.07) is 12.0. The summed E-state index contributed by atoms with van der Waals surface area (Å²) >= 11 is 0. The molecule has 0 fully saturated rings. The molecule has 0 atom stereocenters. The van der Waals surface area contributed by atoms with Crippen LogP contribution in [0.1, 0.15) is 17.6 Å². The SMILES string of the molecule is N#CCc1ccc2c(C(F)F)cccc2c1. The second kappa shape index (κ2) is 4.28. The number of nitrogens with zero attached hydrogens (tertiary/aromatic N) is 1. The minimum absolute atomic E-state index is 0.0426. The molecule has 0 heterocycles. The van der Waals surface area contributed by atoms with E-state index in [0.29, 0.717) is 11.8 Å². The summed E-state index contributed by atoms with van der Waals surface area (Å²) < 4.78 is 25.4. The van der Waals surface area contributed by atoms with Crippen LogP contribution in [0.2, 0.25) is 0 Å². The van der Waals surface area contributed by atoms with E-state index in [9.17, 15) is 8.78 Å². The zero-order valence-electron chi connectivity index (χ0n) is 8.45. The second-order valence-electron chi connectivity index (χ2n) is 3.54. The lowest BCUT2D eigenvalue weighted by Gasteiger charge is -2.06. The van der Waals surface area contributed by atoms with Crippen molar-refractivity contribution in [1.29, 1.82) is 5.26 Å². The Morgan fingerprint density at radius 3 is 2.69 bits per heavy atom. The molecule has 0 unspecified atom stereocenters. The van der Waals surface area contributed by atoms with Crippen molar-refractivity contribution in [2.24, 2.45) is 0 Å². The molecule has 0 saturated carbocycles. The fraction of sp³-hybridized carbons (Fsp3) is 0.154. The molecule has 16 heavy (non-hydrogen) atoms. The maximum absolute atomic E-state index is 12.7. The zero-order chi connectivity index (χ0) is 11.5. The summed E-state index contributed by atoms with van der Waals surface area (Å²) in [5.74, 6) is 0. The van der Waals surface area contributed by atoms with Crippen molar-refractivity contribution in [3.05, 3.63) is 47.5 Å². The normalized spacial score (nSPS) is 10.6. The lowest BCUT2D eigenvalue weighted by Crippen LogP contribution is -1.88. The van der Waals surface area contributed by atoms with Gasteiger partial charge in [0.2, 0.25) is 0 Å². The Morgan fingerprint density at radius 1 is 1.19 bits per heavy atom. The summed E-state index contributed by atoms with van der Waals surface area (Å²) in [7, 11) is 0. The van der Waals surface area contributed by atoms with Crippen molar-refractivity contribution in [3.8, 4) is 6.07 Å². The van der Waals surface area contributed by atoms with Gasteiger partial charge in [0.05, 0.1) is 12.5 Å². The number of benzene rings is 2. The molecule has 80 valence electrons. The smallest absolute Gasteiger partial charge is 0.205 e. The summed E-state index contributed by atoms with van der Waals surface area (Å²) in [5, 5.41) is 9.87. The molecular formula is C13H9F2N. The average molecular weight is 217 g/mol. The fourth-order valence-electron chi connectivity index (χ4n) is 1.75. The summed E-state index contributed by atoms with van der Waals surface area (Å²) in [4.78, 5) is 0. The number of hydrogen-bond acceptors (Lipinski definition) is 1. The van der Waals surface area contributed by atoms with Gasteiger partial charge < -0.3 is 0 Å². The summed E-state index contributed by atoms with van der Waals surface area (Å²) in [5.41, 5.74) is 0.891. The Bertz CT molecular complexity index is 555. The van der Waals surface area contributed by atoms with Crippen LogP contribution in [0.5, 0.6) is 0 Å². The first-order valence-electron chi connectivity index (χ1n) is 4.89. The van der Waals surface area contributed by atoms with Gasteiger partial charge in [0.15, 0.2) is 0 Å². The highest BCUT2D eigenvalue weighted by Crippen LogP contribution is 2.28. The molecule has 0 aliphatic rings. The van der Waals surface area contributed by atoms with Crippen LogP contribution in [0.4, 0.5) is 8.78 Å². The van der Waals surface area contributed by atoms with E-state index in [1.165, 1.54) is 6.07 Å². The van der Waals surface area contributed by atoms with Crippen LogP contribution in [0.15, 0.2) is 36.4 Å². The lowest BCUT2D eigenvalue weighted by atomic mass is 10.0. The van der Waals surface area contributed by atoms with Crippen LogP contribution in [-0.2, 0) is 6.42 Å². The van der Waals surface area contributed by atoms with Gasteiger partial charge in [-0.25, -0.2) is 8.78 Å². The molecule has 2 rings (SSSR count). The summed E-state index contributed by atoms with van der Waals surface area (Å²) in [6.07, 6.45) is -2.17. The third kappa shape index (κ3) is 1.87. The van der Waals surface area contributed by atoms with Gasteiger partial charge >= 0.3 is 0 Å². The molecule has 0 amide bonds. The van der Waals surface area contributed by atoms with Crippen molar-refractivity contribution in [1.82, 2.24) is 0 Å². The van der Waals surface area contributed by atoms with E-state index >= 15 is 0 Å². The monoisotopic (exact) mass is 217 g/mol. The van der Waals surface area contributed by atoms with Crippen molar-refractivity contribution in [2.45, 2.75) is 12.8 Å². The number of rotatable bonds is 2. The topological polar surface area (TPSA) is 23.8 Å². The first kappa shape index (κ1) is 10.6. The molecule has 2 aromatic carbocycles. The number of nitriles is 1. The lowest BCUT2D eigenvalue weighted by molar-refractivity contribution is 0.153. The third-order valence-corrected chi connectivity index (χ3v) is 2.50. The van der Waals surface area contributed by atoms with Crippen LogP contribution in [0, 0.1) is 11.3 Å². The Hall–Kier alpha value is -1.95. The van der Waals surface area contributed by atoms with Gasteiger partial charge in [0.25, 0.3) is 6.43 Å². The van der Waals surface area contributed by atoms with Crippen LogP contribution in [0.3, 0.4) is 0 Å². The second-order valence-corrected chi connectivity index (χ2v) is 3.54. The molecule has 0 aromatic heterocycles. The molecule has 0 aliphatic carbocycles. The maximum Gasteiger partial charge on any atom is 0.264 e. The van der Waals surface area contributed by atoms with Gasteiger partial charge in [-0.2, -0.15) is 5.26 Å². The van der Waals surface area contributed by atoms with E-state index in [4.69, 9.17) is 5.26 Å².